The molecule has 1 saturated heterocycles. The van der Waals surface area contributed by atoms with Gasteiger partial charge in [-0.25, -0.2) is 0 Å². The van der Waals surface area contributed by atoms with Crippen molar-refractivity contribution in [2.24, 2.45) is 0 Å². The van der Waals surface area contributed by atoms with E-state index in [4.69, 9.17) is 16.3 Å². The molecule has 0 saturated carbocycles. The molecular weight excluding hydrogens is 264 g/mol. The maximum atomic E-state index is 12.5. The fourth-order valence-corrected chi connectivity index (χ4v) is 2.55. The molecule has 1 amide bonds. The second-order valence-electron chi connectivity index (χ2n) is 5.02. The molecule has 2 atom stereocenters. The summed E-state index contributed by atoms with van der Waals surface area (Å²) < 4.78 is 5.66. The van der Waals surface area contributed by atoms with Crippen LogP contribution in [0.5, 0.6) is 0 Å². The molecule has 19 heavy (non-hydrogen) atoms. The average molecular weight is 283 g/mol. The van der Waals surface area contributed by atoms with Gasteiger partial charge in [-0.3, -0.25) is 9.78 Å². The minimum Gasteiger partial charge on any atom is -0.370 e. The second-order valence-corrected chi connectivity index (χ2v) is 5.33. The van der Waals surface area contributed by atoms with Gasteiger partial charge in [-0.2, -0.15) is 0 Å². The highest BCUT2D eigenvalue weighted by atomic mass is 35.5. The number of amides is 1. The van der Waals surface area contributed by atoms with Crippen LogP contribution in [0.15, 0.2) is 12.1 Å². The minimum atomic E-state index is -0.0897. The second kappa shape index (κ2) is 5.88. The maximum absolute atomic E-state index is 12.5. The highest BCUT2D eigenvalue weighted by Gasteiger charge is 2.29. The number of aromatic nitrogens is 1. The first-order chi connectivity index (χ1) is 9.01. The van der Waals surface area contributed by atoms with Crippen molar-refractivity contribution in [3.63, 3.8) is 0 Å². The van der Waals surface area contributed by atoms with Gasteiger partial charge in [-0.05, 0) is 32.9 Å². The quantitative estimate of drug-likeness (QED) is 0.781. The molecule has 1 aromatic rings. The summed E-state index contributed by atoms with van der Waals surface area (Å²) in [7, 11) is 0. The van der Waals surface area contributed by atoms with E-state index in [0.29, 0.717) is 24.5 Å². The van der Waals surface area contributed by atoms with Crippen molar-refractivity contribution in [1.29, 1.82) is 0 Å². The fourth-order valence-electron chi connectivity index (χ4n) is 2.38. The minimum absolute atomic E-state index is 0.00951. The van der Waals surface area contributed by atoms with Crippen LogP contribution in [0.2, 0.25) is 0 Å². The van der Waals surface area contributed by atoms with E-state index in [2.05, 4.69) is 4.98 Å². The number of halogens is 1. The summed E-state index contributed by atoms with van der Waals surface area (Å²) in [5.74, 6) is 0.412. The lowest BCUT2D eigenvalue weighted by molar-refractivity contribution is -0.0570. The van der Waals surface area contributed by atoms with E-state index < -0.39 is 0 Å². The van der Waals surface area contributed by atoms with Gasteiger partial charge in [0.2, 0.25) is 0 Å². The van der Waals surface area contributed by atoms with Gasteiger partial charge < -0.3 is 9.64 Å². The van der Waals surface area contributed by atoms with Crippen LogP contribution in [0.25, 0.3) is 0 Å². The van der Waals surface area contributed by atoms with Crippen LogP contribution in [0.4, 0.5) is 0 Å². The predicted octanol–water partition coefficient (Wildman–Crippen LogP) is 2.17. The third-order valence-electron chi connectivity index (χ3n) is 3.24. The number of ether oxygens (including phenoxy) is 1. The van der Waals surface area contributed by atoms with Gasteiger partial charge in [0.05, 0.1) is 29.3 Å². The molecule has 0 radical (unpaired) electrons. The number of morpholine rings is 1. The Morgan fingerprint density at radius 1 is 1.47 bits per heavy atom. The van der Waals surface area contributed by atoms with Gasteiger partial charge in [-0.15, -0.1) is 11.6 Å². The molecule has 2 unspecified atom stereocenters. The van der Waals surface area contributed by atoms with Crippen LogP contribution in [-0.2, 0) is 4.74 Å². The summed E-state index contributed by atoms with van der Waals surface area (Å²) in [4.78, 5) is 18.7. The Balaban J connectivity index is 2.18. The summed E-state index contributed by atoms with van der Waals surface area (Å²) in [5.41, 5.74) is 2.35. The number of nitrogens with zero attached hydrogens (tertiary/aromatic N) is 2. The number of hydrogen-bond donors (Lipinski definition) is 0. The van der Waals surface area contributed by atoms with Crippen molar-refractivity contribution in [2.75, 3.05) is 19.0 Å². The maximum Gasteiger partial charge on any atom is 0.255 e. The Kier molecular flexibility index (Phi) is 4.42. The topological polar surface area (TPSA) is 42.4 Å². The molecule has 4 nitrogen and oxygen atoms in total. The molecule has 0 N–H and O–H groups in total. The van der Waals surface area contributed by atoms with Gasteiger partial charge in [0, 0.05) is 18.8 Å². The van der Waals surface area contributed by atoms with E-state index in [9.17, 15) is 4.79 Å². The van der Waals surface area contributed by atoms with E-state index in [1.807, 2.05) is 32.9 Å². The molecular formula is C14H19ClN2O2. The van der Waals surface area contributed by atoms with Crippen molar-refractivity contribution in [3.8, 4) is 0 Å². The van der Waals surface area contributed by atoms with Crippen LogP contribution >= 0.6 is 11.6 Å². The Hall–Kier alpha value is -1.13. The van der Waals surface area contributed by atoms with E-state index in [1.54, 1.807) is 4.90 Å². The number of aryl methyl sites for hydroxylation is 2. The predicted molar refractivity (Wildman–Crippen MR) is 74.7 cm³/mol. The third-order valence-corrected chi connectivity index (χ3v) is 3.59. The van der Waals surface area contributed by atoms with Crippen LogP contribution in [0, 0.1) is 13.8 Å². The SMILES string of the molecule is Cc1ccc(C(=O)N2CC(C)OC(CCl)C2)c(C)n1. The first-order valence-electron chi connectivity index (χ1n) is 6.46. The van der Waals surface area contributed by atoms with Gasteiger partial charge >= 0.3 is 0 Å². The van der Waals surface area contributed by atoms with Gasteiger partial charge in [0.1, 0.15) is 0 Å². The molecule has 0 aromatic carbocycles. The highest BCUT2D eigenvalue weighted by Crippen LogP contribution is 2.17. The zero-order chi connectivity index (χ0) is 14.0. The van der Waals surface area contributed by atoms with Crippen LogP contribution in [0.3, 0.4) is 0 Å². The number of rotatable bonds is 2. The third kappa shape index (κ3) is 3.25. The Morgan fingerprint density at radius 3 is 2.84 bits per heavy atom. The van der Waals surface area contributed by atoms with Crippen molar-refractivity contribution in [1.82, 2.24) is 9.88 Å². The number of carbonyl (C=O) groups is 1. The lowest BCUT2D eigenvalue weighted by atomic mass is 10.1. The summed E-state index contributed by atoms with van der Waals surface area (Å²) >= 11 is 5.84. The summed E-state index contributed by atoms with van der Waals surface area (Å²) in [6.45, 7) is 6.88. The highest BCUT2D eigenvalue weighted by molar-refractivity contribution is 6.18. The van der Waals surface area contributed by atoms with Crippen molar-refractivity contribution >= 4 is 17.5 Å². The molecule has 0 spiro atoms. The molecule has 104 valence electrons. The van der Waals surface area contributed by atoms with E-state index in [-0.39, 0.29) is 18.1 Å². The van der Waals surface area contributed by atoms with Gasteiger partial charge in [0.25, 0.3) is 5.91 Å². The molecule has 5 heteroatoms. The summed E-state index contributed by atoms with van der Waals surface area (Å²) in [5, 5.41) is 0. The summed E-state index contributed by atoms with van der Waals surface area (Å²) in [6, 6.07) is 3.71. The van der Waals surface area contributed by atoms with Crippen molar-refractivity contribution in [2.45, 2.75) is 33.0 Å². The molecule has 2 rings (SSSR count). The van der Waals surface area contributed by atoms with Gasteiger partial charge in [-0.1, -0.05) is 0 Å². The van der Waals surface area contributed by atoms with E-state index in [1.165, 1.54) is 0 Å². The van der Waals surface area contributed by atoms with E-state index >= 15 is 0 Å². The number of pyridine rings is 1. The fraction of sp³-hybridized carbons (Fsp3) is 0.571. The summed E-state index contributed by atoms with van der Waals surface area (Å²) in [6.07, 6.45) is -0.0757. The Labute approximate surface area is 118 Å². The van der Waals surface area contributed by atoms with Crippen LogP contribution < -0.4 is 0 Å². The Bertz CT molecular complexity index is 479. The number of alkyl halides is 1. The lowest BCUT2D eigenvalue weighted by Crippen LogP contribution is -2.50. The molecule has 0 bridgehead atoms. The number of hydrogen-bond acceptors (Lipinski definition) is 3. The molecule has 0 aliphatic carbocycles. The standard InChI is InChI=1S/C14H19ClN2O2/c1-9-4-5-13(11(3)16-9)14(18)17-7-10(2)19-12(6-15)8-17/h4-5,10,12H,6-8H2,1-3H3. The zero-order valence-corrected chi connectivity index (χ0v) is 12.3. The zero-order valence-electron chi connectivity index (χ0n) is 11.5. The molecule has 1 fully saturated rings. The van der Waals surface area contributed by atoms with E-state index in [0.717, 1.165) is 11.4 Å². The van der Waals surface area contributed by atoms with Crippen LogP contribution in [-0.4, -0.2) is 47.0 Å². The molecule has 1 aliphatic rings. The first kappa shape index (κ1) is 14.3. The normalized spacial score (nSPS) is 23.5. The molecule has 1 aliphatic heterocycles. The first-order valence-corrected chi connectivity index (χ1v) is 6.99. The molecule has 1 aromatic heterocycles. The lowest BCUT2D eigenvalue weighted by Gasteiger charge is -2.36. The van der Waals surface area contributed by atoms with Crippen molar-refractivity contribution < 1.29 is 9.53 Å². The van der Waals surface area contributed by atoms with Crippen LogP contribution in [0.1, 0.15) is 28.7 Å². The smallest absolute Gasteiger partial charge is 0.255 e. The monoisotopic (exact) mass is 282 g/mol. The number of carbonyl (C=O) groups excluding carboxylic acids is 1. The largest absolute Gasteiger partial charge is 0.370 e. The van der Waals surface area contributed by atoms with Crippen molar-refractivity contribution in [3.05, 3.63) is 29.1 Å². The Morgan fingerprint density at radius 2 is 2.21 bits per heavy atom. The van der Waals surface area contributed by atoms with Gasteiger partial charge in [0.15, 0.2) is 0 Å². The molecule has 2 heterocycles. The average Bonchev–Trinajstić information content (AvgIpc) is 2.37.